The van der Waals surface area contributed by atoms with Crippen LogP contribution in [0.3, 0.4) is 0 Å². The van der Waals surface area contributed by atoms with E-state index in [1.54, 1.807) is 6.20 Å². The fraction of sp³-hybridized carbons (Fsp3) is 0.357. The number of hydrogen-bond acceptors (Lipinski definition) is 3. The molecule has 0 spiro atoms. The SMILES string of the molecule is CC(O)C1(c2oncc2-c2ccccc2)CC1. The predicted molar refractivity (Wildman–Crippen MR) is 64.5 cm³/mol. The summed E-state index contributed by atoms with van der Waals surface area (Å²) in [6, 6.07) is 10.0. The molecule has 1 atom stereocenters. The van der Waals surface area contributed by atoms with Gasteiger partial charge in [0.1, 0.15) is 0 Å². The minimum Gasteiger partial charge on any atom is -0.392 e. The van der Waals surface area contributed by atoms with Crippen LogP contribution >= 0.6 is 0 Å². The van der Waals surface area contributed by atoms with Crippen LogP contribution in [0.5, 0.6) is 0 Å². The average Bonchev–Trinajstić information content (AvgIpc) is 3.02. The zero-order valence-corrected chi connectivity index (χ0v) is 9.76. The van der Waals surface area contributed by atoms with Gasteiger partial charge in [-0.15, -0.1) is 0 Å². The highest BCUT2D eigenvalue weighted by molar-refractivity contribution is 5.66. The molecule has 1 aromatic carbocycles. The molecule has 0 amide bonds. The van der Waals surface area contributed by atoms with Crippen molar-refractivity contribution in [1.82, 2.24) is 5.16 Å². The first-order valence-corrected chi connectivity index (χ1v) is 5.93. The van der Waals surface area contributed by atoms with E-state index < -0.39 is 6.10 Å². The van der Waals surface area contributed by atoms with Gasteiger partial charge in [0.2, 0.25) is 0 Å². The monoisotopic (exact) mass is 229 g/mol. The molecule has 0 saturated heterocycles. The lowest BCUT2D eigenvalue weighted by Gasteiger charge is -2.16. The molecule has 0 bridgehead atoms. The summed E-state index contributed by atoms with van der Waals surface area (Å²) < 4.78 is 5.40. The molecule has 1 aliphatic carbocycles. The Bertz CT molecular complexity index is 512. The molecule has 0 aliphatic heterocycles. The maximum absolute atomic E-state index is 9.90. The molecule has 3 rings (SSSR count). The van der Waals surface area contributed by atoms with E-state index in [1.165, 1.54) is 0 Å². The molecule has 1 unspecified atom stereocenters. The van der Waals surface area contributed by atoms with Crippen molar-refractivity contribution >= 4 is 0 Å². The van der Waals surface area contributed by atoms with Gasteiger partial charge in [0.05, 0.1) is 17.7 Å². The quantitative estimate of drug-likeness (QED) is 0.880. The summed E-state index contributed by atoms with van der Waals surface area (Å²) in [4.78, 5) is 0. The molecule has 0 radical (unpaired) electrons. The normalized spacial score (nSPS) is 18.9. The van der Waals surface area contributed by atoms with Crippen LogP contribution in [0.2, 0.25) is 0 Å². The highest BCUT2D eigenvalue weighted by atomic mass is 16.5. The van der Waals surface area contributed by atoms with Crippen LogP contribution in [0.4, 0.5) is 0 Å². The van der Waals surface area contributed by atoms with Crippen LogP contribution < -0.4 is 0 Å². The maximum Gasteiger partial charge on any atom is 0.153 e. The van der Waals surface area contributed by atoms with Crippen LogP contribution in [0, 0.1) is 0 Å². The predicted octanol–water partition coefficient (Wildman–Crippen LogP) is 2.75. The van der Waals surface area contributed by atoms with E-state index in [-0.39, 0.29) is 5.41 Å². The minimum atomic E-state index is -0.391. The first-order chi connectivity index (χ1) is 8.24. The third kappa shape index (κ3) is 1.58. The number of hydrogen-bond donors (Lipinski definition) is 1. The van der Waals surface area contributed by atoms with Crippen molar-refractivity contribution in [2.45, 2.75) is 31.3 Å². The number of benzene rings is 1. The van der Waals surface area contributed by atoms with Gasteiger partial charge in [0, 0.05) is 5.56 Å². The number of aliphatic hydroxyl groups is 1. The molecule has 1 aromatic heterocycles. The summed E-state index contributed by atoms with van der Waals surface area (Å²) in [5, 5.41) is 13.8. The topological polar surface area (TPSA) is 46.3 Å². The van der Waals surface area contributed by atoms with Crippen LogP contribution in [0.15, 0.2) is 41.1 Å². The number of aromatic nitrogens is 1. The summed E-state index contributed by atoms with van der Waals surface area (Å²) in [6.45, 7) is 1.82. The largest absolute Gasteiger partial charge is 0.392 e. The van der Waals surface area contributed by atoms with E-state index in [2.05, 4.69) is 5.16 Å². The standard InChI is InChI=1S/C14H15NO2/c1-10(16)14(7-8-14)13-12(9-15-17-13)11-5-3-2-4-6-11/h2-6,9-10,16H,7-8H2,1H3. The van der Waals surface area contributed by atoms with Gasteiger partial charge < -0.3 is 9.63 Å². The van der Waals surface area contributed by atoms with E-state index in [1.807, 2.05) is 37.3 Å². The second-order valence-electron chi connectivity index (χ2n) is 4.77. The molecule has 1 N–H and O–H groups in total. The molecule has 2 aromatic rings. The smallest absolute Gasteiger partial charge is 0.153 e. The van der Waals surface area contributed by atoms with Crippen molar-refractivity contribution < 1.29 is 9.63 Å². The Labute approximate surface area is 100 Å². The van der Waals surface area contributed by atoms with Crippen LogP contribution in [0.1, 0.15) is 25.5 Å². The van der Waals surface area contributed by atoms with Gasteiger partial charge in [-0.25, -0.2) is 0 Å². The fourth-order valence-electron chi connectivity index (χ4n) is 2.39. The molecule has 3 heteroatoms. The van der Waals surface area contributed by atoms with E-state index in [4.69, 9.17) is 4.52 Å². The number of aliphatic hydroxyl groups excluding tert-OH is 1. The number of nitrogens with zero attached hydrogens (tertiary/aromatic N) is 1. The van der Waals surface area contributed by atoms with Crippen molar-refractivity contribution in [1.29, 1.82) is 0 Å². The van der Waals surface area contributed by atoms with Crippen molar-refractivity contribution in [3.63, 3.8) is 0 Å². The Morgan fingerprint density at radius 3 is 2.59 bits per heavy atom. The summed E-state index contributed by atoms with van der Waals surface area (Å²) in [5.41, 5.74) is 1.89. The van der Waals surface area contributed by atoms with Gasteiger partial charge in [0.15, 0.2) is 5.76 Å². The molecule has 1 heterocycles. The Kier molecular flexibility index (Phi) is 2.30. The molecular formula is C14H15NO2. The summed E-state index contributed by atoms with van der Waals surface area (Å²) in [6.07, 6.45) is 3.30. The van der Waals surface area contributed by atoms with E-state index in [9.17, 15) is 5.11 Å². The first-order valence-electron chi connectivity index (χ1n) is 5.93. The zero-order valence-electron chi connectivity index (χ0n) is 9.76. The van der Waals surface area contributed by atoms with Gasteiger partial charge in [-0.3, -0.25) is 0 Å². The van der Waals surface area contributed by atoms with Gasteiger partial charge >= 0.3 is 0 Å². The van der Waals surface area contributed by atoms with Crippen LogP contribution in [-0.2, 0) is 5.41 Å². The molecule has 1 fully saturated rings. The summed E-state index contributed by atoms with van der Waals surface area (Å²) >= 11 is 0. The lowest BCUT2D eigenvalue weighted by Crippen LogP contribution is -2.22. The van der Waals surface area contributed by atoms with Crippen molar-refractivity contribution in [3.8, 4) is 11.1 Å². The Balaban J connectivity index is 2.07. The molecule has 1 saturated carbocycles. The summed E-state index contributed by atoms with van der Waals surface area (Å²) in [5.74, 6) is 0.832. The highest BCUT2D eigenvalue weighted by Gasteiger charge is 2.53. The van der Waals surface area contributed by atoms with E-state index in [0.717, 1.165) is 29.7 Å². The fourth-order valence-corrected chi connectivity index (χ4v) is 2.39. The molecule has 3 nitrogen and oxygen atoms in total. The number of rotatable bonds is 3. The third-order valence-corrected chi connectivity index (χ3v) is 3.70. The highest BCUT2D eigenvalue weighted by Crippen LogP contribution is 2.53. The zero-order chi connectivity index (χ0) is 11.9. The Morgan fingerprint density at radius 2 is 2.00 bits per heavy atom. The lowest BCUT2D eigenvalue weighted by atomic mass is 9.92. The van der Waals surface area contributed by atoms with Gasteiger partial charge in [-0.05, 0) is 25.3 Å². The minimum absolute atomic E-state index is 0.207. The van der Waals surface area contributed by atoms with E-state index >= 15 is 0 Å². The van der Waals surface area contributed by atoms with Gasteiger partial charge in [-0.2, -0.15) is 0 Å². The molecule has 88 valence electrons. The second-order valence-corrected chi connectivity index (χ2v) is 4.77. The van der Waals surface area contributed by atoms with E-state index in [0.29, 0.717) is 0 Å². The average molecular weight is 229 g/mol. The van der Waals surface area contributed by atoms with Crippen LogP contribution in [0.25, 0.3) is 11.1 Å². The van der Waals surface area contributed by atoms with Crippen molar-refractivity contribution in [2.75, 3.05) is 0 Å². The van der Waals surface area contributed by atoms with Crippen molar-refractivity contribution in [2.24, 2.45) is 0 Å². The molecule has 1 aliphatic rings. The summed E-state index contributed by atoms with van der Waals surface area (Å²) in [7, 11) is 0. The van der Waals surface area contributed by atoms with Crippen molar-refractivity contribution in [3.05, 3.63) is 42.3 Å². The van der Waals surface area contributed by atoms with Crippen LogP contribution in [-0.4, -0.2) is 16.4 Å². The Morgan fingerprint density at radius 1 is 1.29 bits per heavy atom. The second kappa shape index (κ2) is 3.70. The molecular weight excluding hydrogens is 214 g/mol. The third-order valence-electron chi connectivity index (χ3n) is 3.70. The Hall–Kier alpha value is -1.61. The van der Waals surface area contributed by atoms with Gasteiger partial charge in [0.25, 0.3) is 0 Å². The first kappa shape index (κ1) is 10.5. The lowest BCUT2D eigenvalue weighted by molar-refractivity contribution is 0.134. The molecule has 17 heavy (non-hydrogen) atoms. The van der Waals surface area contributed by atoms with Gasteiger partial charge in [-0.1, -0.05) is 35.5 Å². The maximum atomic E-state index is 9.90.